The zero-order valence-electron chi connectivity index (χ0n) is 7.48. The molecule has 0 aromatic heterocycles. The van der Waals surface area contributed by atoms with Crippen LogP contribution in [0, 0.1) is 5.82 Å². The molecular formula is C10H9FN2O. The van der Waals surface area contributed by atoms with Crippen LogP contribution in [0.4, 0.5) is 4.39 Å². The minimum absolute atomic E-state index is 0.108. The molecule has 1 aliphatic rings. The second kappa shape index (κ2) is 3.57. The van der Waals surface area contributed by atoms with Crippen LogP contribution in [0.2, 0.25) is 0 Å². The number of hydrogen-bond donors (Lipinski definition) is 0. The van der Waals surface area contributed by atoms with E-state index in [1.165, 1.54) is 12.1 Å². The molecule has 0 N–H and O–H groups in total. The highest BCUT2D eigenvalue weighted by Gasteiger charge is 2.10. The van der Waals surface area contributed by atoms with E-state index in [1.807, 2.05) is 0 Å². The molecule has 3 nitrogen and oxygen atoms in total. The van der Waals surface area contributed by atoms with Crippen molar-refractivity contribution in [2.45, 2.75) is 6.42 Å². The van der Waals surface area contributed by atoms with Crippen LogP contribution in [-0.2, 0) is 0 Å². The van der Waals surface area contributed by atoms with E-state index in [0.29, 0.717) is 13.0 Å². The first kappa shape index (κ1) is 8.87. The summed E-state index contributed by atoms with van der Waals surface area (Å²) in [6.07, 6.45) is 2.18. The van der Waals surface area contributed by atoms with Crippen molar-refractivity contribution in [2.75, 3.05) is 6.54 Å². The smallest absolute Gasteiger partial charge is 0.203 e. The van der Waals surface area contributed by atoms with Gasteiger partial charge in [0.2, 0.25) is 6.21 Å². The predicted octanol–water partition coefficient (Wildman–Crippen LogP) is 0.335. The fraction of sp³-hybridized carbons (Fsp3) is 0.200. The minimum atomic E-state index is -0.267. The second-order valence-corrected chi connectivity index (χ2v) is 3.09. The van der Waals surface area contributed by atoms with Gasteiger partial charge >= 0.3 is 0 Å². The maximum atomic E-state index is 12.6. The normalized spacial score (nSPS) is 18.6. The van der Waals surface area contributed by atoms with Gasteiger partial charge in [0.15, 0.2) is 6.54 Å². The molecule has 1 heterocycles. The van der Waals surface area contributed by atoms with E-state index in [-0.39, 0.29) is 11.7 Å². The molecule has 0 atom stereocenters. The Bertz CT molecular complexity index is 395. The van der Waals surface area contributed by atoms with Gasteiger partial charge in [0.05, 0.1) is 0 Å². The van der Waals surface area contributed by atoms with Crippen molar-refractivity contribution in [3.63, 3.8) is 0 Å². The van der Waals surface area contributed by atoms with E-state index >= 15 is 0 Å². The molecule has 0 saturated carbocycles. The van der Waals surface area contributed by atoms with Crippen LogP contribution in [0.1, 0.15) is 12.0 Å². The molecule has 1 aromatic carbocycles. The van der Waals surface area contributed by atoms with Crippen LogP contribution in [0.25, 0.3) is 0 Å². The topological polar surface area (TPSA) is 38.4 Å². The second-order valence-electron chi connectivity index (χ2n) is 3.09. The summed E-state index contributed by atoms with van der Waals surface area (Å²) in [4.78, 5) is 0. The van der Waals surface area contributed by atoms with Gasteiger partial charge in [-0.1, -0.05) is 4.68 Å². The van der Waals surface area contributed by atoms with Crippen LogP contribution < -0.4 is 5.11 Å². The maximum Gasteiger partial charge on any atom is 0.203 e. The molecule has 72 valence electrons. The van der Waals surface area contributed by atoms with Crippen LogP contribution in [0.5, 0.6) is 0 Å². The number of nitrogens with zero attached hydrogens (tertiary/aromatic N) is 2. The molecule has 0 fully saturated rings. The van der Waals surface area contributed by atoms with Crippen molar-refractivity contribution in [3.05, 3.63) is 35.6 Å². The number of benzene rings is 1. The summed E-state index contributed by atoms with van der Waals surface area (Å²) >= 11 is 0. The Morgan fingerprint density at radius 1 is 1.36 bits per heavy atom. The highest BCUT2D eigenvalue weighted by Crippen LogP contribution is 2.01. The van der Waals surface area contributed by atoms with Crippen LogP contribution in [0.3, 0.4) is 0 Å². The third kappa shape index (κ3) is 1.96. The third-order valence-corrected chi connectivity index (χ3v) is 1.96. The Kier molecular flexibility index (Phi) is 2.26. The Morgan fingerprint density at radius 2 is 2.07 bits per heavy atom. The molecule has 1 aliphatic heterocycles. The lowest BCUT2D eigenvalue weighted by Crippen LogP contribution is -2.13. The van der Waals surface area contributed by atoms with Gasteiger partial charge in [-0.2, -0.15) is 0 Å². The number of rotatable bonds is 1. The van der Waals surface area contributed by atoms with Crippen molar-refractivity contribution in [1.82, 2.24) is 0 Å². The van der Waals surface area contributed by atoms with Gasteiger partial charge in [0.25, 0.3) is 0 Å². The van der Waals surface area contributed by atoms with Gasteiger partial charge in [-0.05, 0) is 29.4 Å². The largest absolute Gasteiger partial charge is 0.857 e. The maximum absolute atomic E-state index is 12.6. The van der Waals surface area contributed by atoms with E-state index in [9.17, 15) is 9.50 Å². The summed E-state index contributed by atoms with van der Waals surface area (Å²) in [6.45, 7) is 0.607. The monoisotopic (exact) mass is 192 g/mol. The average Bonchev–Trinajstić information content (AvgIpc) is 2.56. The lowest BCUT2D eigenvalue weighted by molar-refractivity contribution is -0.519. The van der Waals surface area contributed by atoms with Crippen LogP contribution in [0.15, 0.2) is 29.4 Å². The fourth-order valence-electron chi connectivity index (χ4n) is 1.27. The average molecular weight is 192 g/mol. The SMILES string of the molecule is [O-]C1=N/[N+](=C\c2ccc(F)cc2)CC1. The van der Waals surface area contributed by atoms with Crippen molar-refractivity contribution >= 4 is 12.1 Å². The van der Waals surface area contributed by atoms with E-state index in [4.69, 9.17) is 0 Å². The summed E-state index contributed by atoms with van der Waals surface area (Å²) in [5.74, 6) is -0.375. The zero-order valence-corrected chi connectivity index (χ0v) is 7.48. The van der Waals surface area contributed by atoms with Crippen molar-refractivity contribution in [2.24, 2.45) is 5.10 Å². The molecule has 4 heteroatoms. The Hall–Kier alpha value is -1.71. The summed E-state index contributed by atoms with van der Waals surface area (Å²) < 4.78 is 14.1. The van der Waals surface area contributed by atoms with E-state index in [0.717, 1.165) is 5.56 Å². The van der Waals surface area contributed by atoms with Crippen molar-refractivity contribution in [1.29, 1.82) is 0 Å². The van der Waals surface area contributed by atoms with Gasteiger partial charge < -0.3 is 5.11 Å². The van der Waals surface area contributed by atoms with E-state index < -0.39 is 0 Å². The van der Waals surface area contributed by atoms with Gasteiger partial charge in [0, 0.05) is 17.9 Å². The third-order valence-electron chi connectivity index (χ3n) is 1.96. The summed E-state index contributed by atoms with van der Waals surface area (Å²) in [5, 5.41) is 14.6. The summed E-state index contributed by atoms with van der Waals surface area (Å²) in [6, 6.07) is 6.05. The molecule has 2 rings (SSSR count). The molecule has 14 heavy (non-hydrogen) atoms. The Labute approximate surface area is 80.8 Å². The number of hydrogen-bond acceptors (Lipinski definition) is 2. The highest BCUT2D eigenvalue weighted by molar-refractivity contribution is 5.77. The van der Waals surface area contributed by atoms with Crippen LogP contribution >= 0.6 is 0 Å². The molecule has 0 bridgehead atoms. The predicted molar refractivity (Wildman–Crippen MR) is 48.7 cm³/mol. The summed E-state index contributed by atoms with van der Waals surface area (Å²) in [7, 11) is 0. The van der Waals surface area contributed by atoms with Crippen molar-refractivity contribution in [3.8, 4) is 0 Å². The highest BCUT2D eigenvalue weighted by atomic mass is 19.1. The summed E-state index contributed by atoms with van der Waals surface area (Å²) in [5.41, 5.74) is 0.838. The first-order valence-corrected chi connectivity index (χ1v) is 4.35. The van der Waals surface area contributed by atoms with Gasteiger partial charge in [0.1, 0.15) is 5.82 Å². The molecule has 0 radical (unpaired) electrons. The van der Waals surface area contributed by atoms with Crippen molar-refractivity contribution < 1.29 is 14.2 Å². The lowest BCUT2D eigenvalue weighted by atomic mass is 10.2. The molecular weight excluding hydrogens is 183 g/mol. The molecule has 0 spiro atoms. The molecule has 0 aliphatic carbocycles. The standard InChI is InChI=1S/C10H9FN2O/c11-9-3-1-8(2-4-9)7-13-6-5-10(14)12-13/h1-4,7H,5-6H2/b13-7-. The molecule has 0 amide bonds. The minimum Gasteiger partial charge on any atom is -0.857 e. The van der Waals surface area contributed by atoms with Gasteiger partial charge in [-0.15, -0.1) is 0 Å². The molecule has 1 aromatic rings. The quantitative estimate of drug-likeness (QED) is 0.591. The number of hydrazone groups is 1. The first-order valence-electron chi connectivity index (χ1n) is 4.35. The Balaban J connectivity index is 2.22. The Morgan fingerprint density at radius 3 is 2.64 bits per heavy atom. The molecule has 0 unspecified atom stereocenters. The van der Waals surface area contributed by atoms with Crippen LogP contribution in [-0.4, -0.2) is 23.3 Å². The van der Waals surface area contributed by atoms with Gasteiger partial charge in [-0.25, -0.2) is 4.39 Å². The lowest BCUT2D eigenvalue weighted by Gasteiger charge is -1.90. The van der Waals surface area contributed by atoms with E-state index in [2.05, 4.69) is 5.10 Å². The number of halogens is 1. The van der Waals surface area contributed by atoms with E-state index in [1.54, 1.807) is 23.0 Å². The zero-order chi connectivity index (χ0) is 9.97. The fourth-order valence-corrected chi connectivity index (χ4v) is 1.27. The van der Waals surface area contributed by atoms with Gasteiger partial charge in [-0.3, -0.25) is 0 Å². The molecule has 0 saturated heterocycles. The first-order chi connectivity index (χ1) is 6.74.